The van der Waals surface area contributed by atoms with E-state index < -0.39 is 21.5 Å². The first-order valence-electron chi connectivity index (χ1n) is 5.24. The molecule has 1 aromatic carbocycles. The molecule has 100 valence electrons. The lowest BCUT2D eigenvalue weighted by molar-refractivity contribution is -0.143. The molecule has 0 radical (unpaired) electrons. The Morgan fingerprint density at radius 3 is 2.28 bits per heavy atom. The van der Waals surface area contributed by atoms with Crippen LogP contribution in [-0.4, -0.2) is 25.0 Å². The number of hydrogen-bond donors (Lipinski definition) is 2. The summed E-state index contributed by atoms with van der Waals surface area (Å²) >= 11 is 2.06. The van der Waals surface area contributed by atoms with Gasteiger partial charge in [-0.1, -0.05) is 6.92 Å². The van der Waals surface area contributed by atoms with Crippen LogP contribution in [0.25, 0.3) is 0 Å². The normalized spacial score (nSPS) is 15.1. The third-order valence-electron chi connectivity index (χ3n) is 2.66. The summed E-state index contributed by atoms with van der Waals surface area (Å²) in [5.41, 5.74) is -1.50. The number of carboxylic acids is 1. The first-order chi connectivity index (χ1) is 8.21. The van der Waals surface area contributed by atoms with Crippen molar-refractivity contribution in [3.05, 3.63) is 27.8 Å². The molecule has 0 fully saturated rings. The van der Waals surface area contributed by atoms with Crippen molar-refractivity contribution in [2.45, 2.75) is 30.7 Å². The second-order valence-corrected chi connectivity index (χ2v) is 6.98. The number of carbonyl (C=O) groups is 1. The molecule has 0 spiro atoms. The zero-order valence-electron chi connectivity index (χ0n) is 9.97. The van der Waals surface area contributed by atoms with Gasteiger partial charge in [0.25, 0.3) is 0 Å². The van der Waals surface area contributed by atoms with Gasteiger partial charge in [-0.2, -0.15) is 4.72 Å². The van der Waals surface area contributed by atoms with E-state index in [4.69, 9.17) is 5.11 Å². The van der Waals surface area contributed by atoms with Crippen molar-refractivity contribution < 1.29 is 18.3 Å². The van der Waals surface area contributed by atoms with E-state index in [1.54, 1.807) is 19.1 Å². The summed E-state index contributed by atoms with van der Waals surface area (Å²) in [6.45, 7) is 2.96. The van der Waals surface area contributed by atoms with E-state index in [1.165, 1.54) is 19.1 Å². The van der Waals surface area contributed by atoms with E-state index in [0.717, 1.165) is 3.57 Å². The number of hydrogen-bond acceptors (Lipinski definition) is 3. The van der Waals surface area contributed by atoms with Crippen LogP contribution in [0.4, 0.5) is 0 Å². The minimum absolute atomic E-state index is 0.0591. The lowest BCUT2D eigenvalue weighted by Crippen LogP contribution is -2.51. The average Bonchev–Trinajstić information content (AvgIpc) is 2.28. The van der Waals surface area contributed by atoms with Crippen LogP contribution in [0.1, 0.15) is 20.3 Å². The summed E-state index contributed by atoms with van der Waals surface area (Å²) in [6.07, 6.45) is 0.159. The van der Waals surface area contributed by atoms with Gasteiger partial charge in [-0.3, -0.25) is 4.79 Å². The number of halogens is 1. The Kier molecular flexibility index (Phi) is 4.73. The zero-order chi connectivity index (χ0) is 14.0. The van der Waals surface area contributed by atoms with Gasteiger partial charge in [0.05, 0.1) is 4.90 Å². The fourth-order valence-corrected chi connectivity index (χ4v) is 3.03. The molecule has 1 unspecified atom stereocenters. The van der Waals surface area contributed by atoms with Crippen molar-refractivity contribution in [3.8, 4) is 0 Å². The zero-order valence-corrected chi connectivity index (χ0v) is 12.9. The van der Waals surface area contributed by atoms with Gasteiger partial charge in [0.1, 0.15) is 5.54 Å². The highest BCUT2D eigenvalue weighted by Crippen LogP contribution is 2.17. The van der Waals surface area contributed by atoms with Crippen LogP contribution < -0.4 is 4.72 Å². The molecule has 0 saturated heterocycles. The first-order valence-corrected chi connectivity index (χ1v) is 7.80. The monoisotopic (exact) mass is 383 g/mol. The maximum atomic E-state index is 12.0. The van der Waals surface area contributed by atoms with Gasteiger partial charge in [0.15, 0.2) is 0 Å². The fourth-order valence-electron chi connectivity index (χ4n) is 1.24. The van der Waals surface area contributed by atoms with E-state index in [2.05, 4.69) is 27.3 Å². The van der Waals surface area contributed by atoms with E-state index in [1.807, 2.05) is 0 Å². The third kappa shape index (κ3) is 3.42. The summed E-state index contributed by atoms with van der Waals surface area (Å²) in [5, 5.41) is 9.06. The Labute approximate surface area is 120 Å². The highest BCUT2D eigenvalue weighted by atomic mass is 127. The van der Waals surface area contributed by atoms with Crippen LogP contribution in [-0.2, 0) is 14.8 Å². The number of aliphatic carboxylic acids is 1. The van der Waals surface area contributed by atoms with Gasteiger partial charge in [-0.15, -0.1) is 0 Å². The molecule has 0 aliphatic heterocycles. The molecule has 0 aliphatic carbocycles. The van der Waals surface area contributed by atoms with Crippen molar-refractivity contribution in [1.82, 2.24) is 4.72 Å². The number of rotatable bonds is 5. The lowest BCUT2D eigenvalue weighted by Gasteiger charge is -2.24. The van der Waals surface area contributed by atoms with Crippen LogP contribution in [0.5, 0.6) is 0 Å². The SMILES string of the molecule is CCC(C)(NS(=O)(=O)c1ccc(I)cc1)C(=O)O. The predicted octanol–water partition coefficient (Wildman–Crippen LogP) is 1.82. The molecule has 0 heterocycles. The highest BCUT2D eigenvalue weighted by molar-refractivity contribution is 14.1. The van der Waals surface area contributed by atoms with E-state index in [0.29, 0.717) is 0 Å². The Hall–Kier alpha value is -0.670. The molecule has 0 aromatic heterocycles. The van der Waals surface area contributed by atoms with E-state index in [-0.39, 0.29) is 11.3 Å². The second kappa shape index (κ2) is 5.54. The van der Waals surface area contributed by atoms with Crippen molar-refractivity contribution in [3.63, 3.8) is 0 Å². The molecule has 5 nitrogen and oxygen atoms in total. The van der Waals surface area contributed by atoms with Crippen LogP contribution >= 0.6 is 22.6 Å². The van der Waals surface area contributed by atoms with Crippen molar-refractivity contribution in [1.29, 1.82) is 0 Å². The van der Waals surface area contributed by atoms with Crippen LogP contribution in [0.15, 0.2) is 29.2 Å². The van der Waals surface area contributed by atoms with Gasteiger partial charge in [-0.05, 0) is 60.2 Å². The van der Waals surface area contributed by atoms with Gasteiger partial charge >= 0.3 is 5.97 Å². The first kappa shape index (κ1) is 15.4. The lowest BCUT2D eigenvalue weighted by atomic mass is 10.0. The molecule has 1 atom stereocenters. The molecular formula is C11H14INO4S. The topological polar surface area (TPSA) is 83.5 Å². The molecule has 18 heavy (non-hydrogen) atoms. The maximum Gasteiger partial charge on any atom is 0.324 e. The Morgan fingerprint density at radius 1 is 1.39 bits per heavy atom. The predicted molar refractivity (Wildman–Crippen MR) is 75.8 cm³/mol. The Morgan fingerprint density at radius 2 is 1.89 bits per heavy atom. The van der Waals surface area contributed by atoms with Crippen molar-refractivity contribution >= 4 is 38.6 Å². The summed E-state index contributed by atoms with van der Waals surface area (Å²) in [6, 6.07) is 6.20. The summed E-state index contributed by atoms with van der Waals surface area (Å²) < 4.78 is 27.2. The van der Waals surface area contributed by atoms with Crippen molar-refractivity contribution in [2.75, 3.05) is 0 Å². The molecule has 2 N–H and O–H groups in total. The van der Waals surface area contributed by atoms with Gasteiger partial charge < -0.3 is 5.11 Å². The van der Waals surface area contributed by atoms with Crippen LogP contribution in [0, 0.1) is 3.57 Å². The molecule has 0 saturated carbocycles. The number of nitrogens with one attached hydrogen (secondary N) is 1. The maximum absolute atomic E-state index is 12.0. The standard InChI is InChI=1S/C11H14INO4S/c1-3-11(2,10(14)15)13-18(16,17)9-6-4-8(12)5-7-9/h4-7,13H,3H2,1-2H3,(H,14,15). The number of benzene rings is 1. The largest absolute Gasteiger partial charge is 0.480 e. The number of sulfonamides is 1. The quantitative estimate of drug-likeness (QED) is 0.760. The minimum atomic E-state index is -3.83. The van der Waals surface area contributed by atoms with Gasteiger partial charge in [0.2, 0.25) is 10.0 Å². The summed E-state index contributed by atoms with van der Waals surface area (Å²) in [4.78, 5) is 11.1. The summed E-state index contributed by atoms with van der Waals surface area (Å²) in [5.74, 6) is -1.20. The molecule has 1 aromatic rings. The Balaban J connectivity index is 3.09. The van der Waals surface area contributed by atoms with Gasteiger partial charge in [-0.25, -0.2) is 8.42 Å². The molecule has 1 rings (SSSR count). The van der Waals surface area contributed by atoms with E-state index >= 15 is 0 Å². The highest BCUT2D eigenvalue weighted by Gasteiger charge is 2.36. The van der Waals surface area contributed by atoms with Gasteiger partial charge in [0, 0.05) is 3.57 Å². The summed E-state index contributed by atoms with van der Waals surface area (Å²) in [7, 11) is -3.83. The van der Waals surface area contributed by atoms with Crippen LogP contribution in [0.2, 0.25) is 0 Å². The molecule has 0 amide bonds. The number of carboxylic acid groups (broad SMARTS) is 1. The van der Waals surface area contributed by atoms with Crippen molar-refractivity contribution in [2.24, 2.45) is 0 Å². The molecule has 7 heteroatoms. The molecule has 0 bridgehead atoms. The fraction of sp³-hybridized carbons (Fsp3) is 0.364. The second-order valence-electron chi connectivity index (χ2n) is 4.05. The average molecular weight is 383 g/mol. The molecular weight excluding hydrogens is 369 g/mol. The van der Waals surface area contributed by atoms with E-state index in [9.17, 15) is 13.2 Å². The Bertz CT molecular complexity index is 541. The third-order valence-corrected chi connectivity index (χ3v) is 4.99. The van der Waals surface area contributed by atoms with Crippen LogP contribution in [0.3, 0.4) is 0 Å². The minimum Gasteiger partial charge on any atom is -0.480 e. The smallest absolute Gasteiger partial charge is 0.324 e. The molecule has 0 aliphatic rings.